The van der Waals surface area contributed by atoms with E-state index in [1.807, 2.05) is 18.2 Å². The van der Waals surface area contributed by atoms with Crippen LogP contribution in [0.1, 0.15) is 30.0 Å². The molecule has 0 saturated carbocycles. The molecule has 29 heavy (non-hydrogen) atoms. The smallest absolute Gasteiger partial charge is 0.343 e. The maximum absolute atomic E-state index is 13.1. The first-order chi connectivity index (χ1) is 14.0. The van der Waals surface area contributed by atoms with E-state index in [1.165, 1.54) is 0 Å². The van der Waals surface area contributed by atoms with Crippen LogP contribution in [0.4, 0.5) is 5.69 Å². The Morgan fingerprint density at radius 2 is 2.17 bits per heavy atom. The van der Waals surface area contributed by atoms with E-state index in [9.17, 15) is 19.5 Å². The molecule has 0 spiro atoms. The van der Waals surface area contributed by atoms with Crippen LogP contribution in [0.2, 0.25) is 0 Å². The summed E-state index contributed by atoms with van der Waals surface area (Å²) in [6.07, 6.45) is 0.679. The van der Waals surface area contributed by atoms with E-state index in [1.54, 1.807) is 23.6 Å². The van der Waals surface area contributed by atoms with Crippen molar-refractivity contribution in [3.8, 4) is 11.4 Å². The predicted octanol–water partition coefficient (Wildman–Crippen LogP) is 1.65. The monoisotopic (exact) mass is 391 g/mol. The van der Waals surface area contributed by atoms with Gasteiger partial charge in [-0.05, 0) is 24.6 Å². The van der Waals surface area contributed by atoms with Gasteiger partial charge in [0, 0.05) is 16.5 Å². The molecule has 0 bridgehead atoms. The fourth-order valence-corrected chi connectivity index (χ4v) is 4.19. The summed E-state index contributed by atoms with van der Waals surface area (Å²) in [7, 11) is 0. The van der Waals surface area contributed by atoms with E-state index in [0.29, 0.717) is 41.1 Å². The van der Waals surface area contributed by atoms with E-state index in [-0.39, 0.29) is 24.2 Å². The minimum absolute atomic E-state index is 0.0904. The Morgan fingerprint density at radius 3 is 2.93 bits per heavy atom. The highest BCUT2D eigenvalue weighted by molar-refractivity contribution is 5.96. The van der Waals surface area contributed by atoms with Crippen molar-refractivity contribution < 1.29 is 19.4 Å². The van der Waals surface area contributed by atoms with Crippen LogP contribution in [-0.4, -0.2) is 27.0 Å². The lowest BCUT2D eigenvalue weighted by Crippen LogP contribution is -2.44. The molecule has 4 heterocycles. The third-order valence-corrected chi connectivity index (χ3v) is 5.75. The van der Waals surface area contributed by atoms with Gasteiger partial charge in [0.05, 0.1) is 34.7 Å². The summed E-state index contributed by atoms with van der Waals surface area (Å²) in [5.41, 5.74) is 1.56. The molecule has 3 aromatic rings. The van der Waals surface area contributed by atoms with Crippen molar-refractivity contribution in [1.82, 2.24) is 9.55 Å². The molecule has 5 rings (SSSR count). The highest BCUT2D eigenvalue weighted by Gasteiger charge is 2.45. The van der Waals surface area contributed by atoms with Gasteiger partial charge in [-0.2, -0.15) is 0 Å². The summed E-state index contributed by atoms with van der Waals surface area (Å²) in [5, 5.41) is 14.4. The van der Waals surface area contributed by atoms with E-state index >= 15 is 0 Å². The number of nitrogens with zero attached hydrogens (tertiary/aromatic N) is 2. The molecule has 1 aromatic carbocycles. The number of hydrogen-bond acceptors (Lipinski definition) is 6. The van der Waals surface area contributed by atoms with Crippen molar-refractivity contribution in [3.05, 3.63) is 57.4 Å². The number of carbonyl (C=O) groups is 2. The first-order valence-electron chi connectivity index (χ1n) is 9.28. The maximum Gasteiger partial charge on any atom is 0.343 e. The molecule has 146 valence electrons. The van der Waals surface area contributed by atoms with Crippen molar-refractivity contribution in [1.29, 1.82) is 0 Å². The molecule has 2 aromatic heterocycles. The molecular formula is C21H17N3O5. The number of nitrogens with one attached hydrogen (secondary N) is 1. The van der Waals surface area contributed by atoms with Gasteiger partial charge in [-0.1, -0.05) is 19.1 Å². The topological polar surface area (TPSA) is 111 Å². The molecule has 0 fully saturated rings. The molecular weight excluding hydrogens is 374 g/mol. The van der Waals surface area contributed by atoms with Crippen molar-refractivity contribution >= 4 is 29.0 Å². The summed E-state index contributed by atoms with van der Waals surface area (Å²) in [6, 6.07) is 9.06. The molecule has 2 aliphatic rings. The van der Waals surface area contributed by atoms with Gasteiger partial charge in [0.1, 0.15) is 6.61 Å². The zero-order valence-corrected chi connectivity index (χ0v) is 15.6. The lowest BCUT2D eigenvalue weighted by molar-refractivity contribution is -0.172. The number of amides is 1. The van der Waals surface area contributed by atoms with Crippen LogP contribution < -0.4 is 10.9 Å². The van der Waals surface area contributed by atoms with Crippen LogP contribution in [0.25, 0.3) is 22.3 Å². The molecule has 2 aliphatic heterocycles. The van der Waals surface area contributed by atoms with Gasteiger partial charge in [-0.3, -0.25) is 9.59 Å². The standard InChI is InChI=1S/C21H17N3O5/c1-2-21(28)14-7-16-18-12(8-24(16)19(26)13(14)9-29-20(21)27)6-11-4-3-5-15(22-10-25)17(11)23-18/h3-7,10,28H,2,8-9H2,1H3,(H,22,25)/t21-/m0/s1. The van der Waals surface area contributed by atoms with Crippen LogP contribution in [-0.2, 0) is 33.1 Å². The van der Waals surface area contributed by atoms with Crippen molar-refractivity contribution in [2.45, 2.75) is 32.1 Å². The van der Waals surface area contributed by atoms with Crippen LogP contribution in [0.5, 0.6) is 0 Å². The van der Waals surface area contributed by atoms with Gasteiger partial charge in [-0.25, -0.2) is 9.78 Å². The van der Waals surface area contributed by atoms with Crippen LogP contribution in [0.3, 0.4) is 0 Å². The fraction of sp³-hybridized carbons (Fsp3) is 0.238. The van der Waals surface area contributed by atoms with Crippen molar-refractivity contribution in [3.63, 3.8) is 0 Å². The number of carbonyl (C=O) groups excluding carboxylic acids is 2. The molecule has 1 atom stereocenters. The summed E-state index contributed by atoms with van der Waals surface area (Å²) in [4.78, 5) is 41.0. The number of aromatic nitrogens is 2. The van der Waals surface area contributed by atoms with Gasteiger partial charge in [0.25, 0.3) is 5.56 Å². The summed E-state index contributed by atoms with van der Waals surface area (Å²) in [6.45, 7) is 1.84. The second-order valence-corrected chi connectivity index (χ2v) is 7.24. The largest absolute Gasteiger partial charge is 0.458 e. The van der Waals surface area contributed by atoms with Gasteiger partial charge in [0.15, 0.2) is 5.60 Å². The van der Waals surface area contributed by atoms with Crippen LogP contribution in [0.15, 0.2) is 35.1 Å². The number of anilines is 1. The van der Waals surface area contributed by atoms with Gasteiger partial charge in [-0.15, -0.1) is 0 Å². The minimum atomic E-state index is -1.85. The number of pyridine rings is 2. The zero-order chi connectivity index (χ0) is 20.3. The number of aliphatic hydroxyl groups is 1. The minimum Gasteiger partial charge on any atom is -0.458 e. The third-order valence-electron chi connectivity index (χ3n) is 5.75. The Hall–Kier alpha value is -3.52. The zero-order valence-electron chi connectivity index (χ0n) is 15.6. The summed E-state index contributed by atoms with van der Waals surface area (Å²) < 4.78 is 6.66. The highest BCUT2D eigenvalue weighted by Crippen LogP contribution is 2.39. The van der Waals surface area contributed by atoms with E-state index in [2.05, 4.69) is 5.32 Å². The summed E-state index contributed by atoms with van der Waals surface area (Å²) >= 11 is 0. The van der Waals surface area contributed by atoms with Gasteiger partial charge < -0.3 is 19.7 Å². The number of para-hydroxylation sites is 1. The average molecular weight is 391 g/mol. The second-order valence-electron chi connectivity index (χ2n) is 7.24. The normalized spacial score (nSPS) is 19.3. The molecule has 0 unspecified atom stereocenters. The Morgan fingerprint density at radius 1 is 1.34 bits per heavy atom. The Bertz CT molecular complexity index is 1280. The Balaban J connectivity index is 1.79. The van der Waals surface area contributed by atoms with Gasteiger partial charge in [0.2, 0.25) is 6.41 Å². The predicted molar refractivity (Wildman–Crippen MR) is 104 cm³/mol. The Kier molecular flexibility index (Phi) is 3.63. The fourth-order valence-electron chi connectivity index (χ4n) is 4.19. The maximum atomic E-state index is 13.1. The first-order valence-corrected chi connectivity index (χ1v) is 9.28. The number of cyclic esters (lactones) is 1. The van der Waals surface area contributed by atoms with E-state index < -0.39 is 11.6 Å². The summed E-state index contributed by atoms with van der Waals surface area (Å²) in [5.74, 6) is -0.751. The lowest BCUT2D eigenvalue weighted by atomic mass is 9.86. The van der Waals surface area contributed by atoms with Crippen LogP contribution >= 0.6 is 0 Å². The third kappa shape index (κ3) is 2.29. The van der Waals surface area contributed by atoms with E-state index in [0.717, 1.165) is 10.9 Å². The number of benzene rings is 1. The second kappa shape index (κ2) is 5.99. The van der Waals surface area contributed by atoms with Crippen LogP contribution in [0, 0.1) is 0 Å². The molecule has 0 radical (unpaired) electrons. The molecule has 8 nitrogen and oxygen atoms in total. The molecule has 0 saturated heterocycles. The molecule has 8 heteroatoms. The highest BCUT2D eigenvalue weighted by atomic mass is 16.6. The number of hydrogen-bond donors (Lipinski definition) is 2. The quantitative estimate of drug-likeness (QED) is 0.406. The van der Waals surface area contributed by atoms with E-state index in [4.69, 9.17) is 9.72 Å². The van der Waals surface area contributed by atoms with Crippen molar-refractivity contribution in [2.24, 2.45) is 0 Å². The number of rotatable bonds is 3. The van der Waals surface area contributed by atoms with Gasteiger partial charge >= 0.3 is 5.97 Å². The number of fused-ring (bicyclic) bond motifs is 5. The van der Waals surface area contributed by atoms with Crippen molar-refractivity contribution in [2.75, 3.05) is 5.32 Å². The molecule has 2 N–H and O–H groups in total. The number of ether oxygens (including phenoxy) is 1. The first kappa shape index (κ1) is 17.6. The SMILES string of the molecule is CC[C@@]1(O)C(=O)OCc2c1cc1n(c2=O)Cc2cc3cccc(NC=O)c3nc2-1. The molecule has 0 aliphatic carbocycles. The Labute approximate surface area is 164 Å². The average Bonchev–Trinajstić information content (AvgIpc) is 3.08. The molecule has 1 amide bonds. The lowest BCUT2D eigenvalue weighted by Gasteiger charge is -2.31. The number of esters is 1.